The van der Waals surface area contributed by atoms with Crippen LogP contribution in [0.2, 0.25) is 0 Å². The Morgan fingerprint density at radius 1 is 0.674 bits per heavy atom. The molecule has 10 aliphatic rings. The van der Waals surface area contributed by atoms with E-state index in [0.29, 0.717) is 30.1 Å². The maximum absolute atomic E-state index is 7.08. The van der Waals surface area contributed by atoms with E-state index >= 15 is 0 Å². The van der Waals surface area contributed by atoms with Gasteiger partial charge in [0.15, 0.2) is 23.8 Å². The van der Waals surface area contributed by atoms with Crippen molar-refractivity contribution in [2.75, 3.05) is 0 Å². The summed E-state index contributed by atoms with van der Waals surface area (Å²) in [7, 11) is 0. The molecule has 8 aliphatic heterocycles. The Bertz CT molecular complexity index is 1220. The van der Waals surface area contributed by atoms with Gasteiger partial charge in [-0.2, -0.15) is 0 Å². The van der Waals surface area contributed by atoms with Crippen molar-refractivity contribution in [2.45, 2.75) is 173 Å². The van der Waals surface area contributed by atoms with Crippen LogP contribution >= 0.6 is 0 Å². The third-order valence-corrected chi connectivity index (χ3v) is 13.6. The van der Waals surface area contributed by atoms with Gasteiger partial charge in [-0.15, -0.1) is 0 Å². The SMILES string of the molecule is C[C@H]1[C@@H](/C(C[C@H]2O[C@@H]3O[C@]4(C)CC[C@H]5[C@H](C)CC[C@@H]([C@H]2C)C35OO4)=N\OC(C)(C)C)O[C@@H]2O[C@]3(C)CC[C@H]4[C@H](C)CC[C@@H]1C24OO3. The van der Waals surface area contributed by atoms with Crippen LogP contribution in [0.25, 0.3) is 0 Å². The molecule has 2 aliphatic carbocycles. The molecule has 0 aromatic rings. The second-order valence-electron chi connectivity index (χ2n) is 17.8. The van der Waals surface area contributed by atoms with E-state index in [9.17, 15) is 0 Å². The molecule has 10 rings (SSSR count). The fourth-order valence-corrected chi connectivity index (χ4v) is 11.1. The summed E-state index contributed by atoms with van der Waals surface area (Å²) in [6.45, 7) is 19.3. The van der Waals surface area contributed by atoms with Crippen molar-refractivity contribution in [3.05, 3.63) is 0 Å². The molecule has 260 valence electrons. The van der Waals surface area contributed by atoms with Gasteiger partial charge in [0, 0.05) is 31.1 Å². The molecule has 0 N–H and O–H groups in total. The van der Waals surface area contributed by atoms with Crippen LogP contribution in [0, 0.1) is 47.3 Å². The highest BCUT2D eigenvalue weighted by Crippen LogP contribution is 2.63. The van der Waals surface area contributed by atoms with Crippen molar-refractivity contribution < 1.29 is 43.3 Å². The smallest absolute Gasteiger partial charge is 0.201 e. The molecule has 0 amide bonds. The first kappa shape index (κ1) is 32.4. The van der Waals surface area contributed by atoms with Gasteiger partial charge in [0.1, 0.15) is 11.7 Å². The van der Waals surface area contributed by atoms with Gasteiger partial charge in [0.2, 0.25) is 11.6 Å². The lowest BCUT2D eigenvalue weighted by atomic mass is 9.56. The predicted octanol–water partition coefficient (Wildman–Crippen LogP) is 7.05. The summed E-state index contributed by atoms with van der Waals surface area (Å²) in [6.07, 6.45) is 7.03. The minimum absolute atomic E-state index is 0.106. The molecule has 2 unspecified atom stereocenters. The average molecular weight is 648 g/mol. The minimum Gasteiger partial charge on any atom is -0.390 e. The fraction of sp³-hybridized carbons (Fsp3) is 0.972. The molecule has 0 aromatic carbocycles. The Kier molecular flexibility index (Phi) is 7.61. The molecule has 10 fully saturated rings. The van der Waals surface area contributed by atoms with E-state index in [4.69, 9.17) is 48.5 Å². The van der Waals surface area contributed by atoms with E-state index in [2.05, 4.69) is 27.7 Å². The summed E-state index contributed by atoms with van der Waals surface area (Å²) in [6, 6.07) is 0. The maximum Gasteiger partial charge on any atom is 0.201 e. The molecule has 8 heterocycles. The summed E-state index contributed by atoms with van der Waals surface area (Å²) >= 11 is 0. The predicted molar refractivity (Wildman–Crippen MR) is 167 cm³/mol. The Hall–Kier alpha value is -0.850. The number of hydrogen-bond acceptors (Lipinski definition) is 10. The van der Waals surface area contributed by atoms with E-state index in [0.717, 1.165) is 50.7 Å². The van der Waals surface area contributed by atoms with E-state index in [1.54, 1.807) is 0 Å². The monoisotopic (exact) mass is 647 g/mol. The number of nitrogens with zero attached hydrogens (tertiary/aromatic N) is 1. The number of hydrogen-bond donors (Lipinski definition) is 0. The number of oxime groups is 1. The van der Waals surface area contributed by atoms with Gasteiger partial charge in [-0.05, 0) is 109 Å². The lowest BCUT2D eigenvalue weighted by molar-refractivity contribution is -0.571. The molecule has 8 saturated heterocycles. The Morgan fingerprint density at radius 3 is 1.74 bits per heavy atom. The standard InChI is InChI=1S/C36H57NO9/c1-19-10-12-25-21(3)28(38-30-35(25)23(19)14-16-33(8,40-30)43-45-35)18-27(37-42-32(5,6)7)29-22(4)26-13-11-20(2)24-15-17-34(9)41-31(39-29)36(24,26)46-44-34/h19-26,28-31H,10-18H2,1-9H3/b37-27-/t19-,20-,21-,22-,23+,24+,25+,26+,28-,29+,30-,31-,33+,34+,35?,36?/m1/s1. The first-order valence-electron chi connectivity index (χ1n) is 18.3. The molecule has 2 saturated carbocycles. The van der Waals surface area contributed by atoms with Gasteiger partial charge in [0.25, 0.3) is 0 Å². The van der Waals surface area contributed by atoms with Crippen molar-refractivity contribution >= 4 is 5.71 Å². The van der Waals surface area contributed by atoms with Gasteiger partial charge in [-0.1, -0.05) is 32.9 Å². The Labute approximate surface area is 274 Å². The second-order valence-corrected chi connectivity index (χ2v) is 17.8. The number of rotatable bonds is 4. The van der Waals surface area contributed by atoms with Gasteiger partial charge < -0.3 is 23.8 Å². The van der Waals surface area contributed by atoms with Crippen molar-refractivity contribution in [3.63, 3.8) is 0 Å². The van der Waals surface area contributed by atoms with Gasteiger partial charge in [-0.25, -0.2) is 19.6 Å². The van der Waals surface area contributed by atoms with Crippen molar-refractivity contribution in [1.82, 2.24) is 0 Å². The minimum atomic E-state index is -0.833. The van der Waals surface area contributed by atoms with Crippen LogP contribution in [0.1, 0.15) is 120 Å². The first-order chi connectivity index (χ1) is 21.7. The largest absolute Gasteiger partial charge is 0.390 e. The molecule has 2 spiro atoms. The van der Waals surface area contributed by atoms with Crippen LogP contribution < -0.4 is 0 Å². The molecule has 10 heteroatoms. The van der Waals surface area contributed by atoms with E-state index in [1.165, 1.54) is 6.42 Å². The molecule has 10 nitrogen and oxygen atoms in total. The second kappa shape index (κ2) is 10.8. The van der Waals surface area contributed by atoms with Crippen LogP contribution in [0.3, 0.4) is 0 Å². The normalized spacial score (nSPS) is 56.4. The van der Waals surface area contributed by atoms with Crippen LogP contribution in [0.15, 0.2) is 5.16 Å². The summed E-state index contributed by atoms with van der Waals surface area (Å²) in [5.74, 6) is 0.738. The van der Waals surface area contributed by atoms with Crippen molar-refractivity contribution in [1.29, 1.82) is 0 Å². The highest BCUT2D eigenvalue weighted by molar-refractivity contribution is 5.89. The lowest BCUT2D eigenvalue weighted by Gasteiger charge is -2.61. The van der Waals surface area contributed by atoms with Gasteiger partial charge in [0.05, 0.1) is 11.8 Å². The average Bonchev–Trinajstić information content (AvgIpc) is 3.37. The zero-order valence-corrected chi connectivity index (χ0v) is 29.4. The fourth-order valence-electron chi connectivity index (χ4n) is 11.1. The third kappa shape index (κ3) is 4.74. The molecule has 46 heavy (non-hydrogen) atoms. The molecule has 4 bridgehead atoms. The van der Waals surface area contributed by atoms with Crippen molar-refractivity contribution in [2.24, 2.45) is 52.5 Å². The van der Waals surface area contributed by atoms with E-state index in [1.807, 2.05) is 34.6 Å². The summed E-state index contributed by atoms with van der Waals surface area (Å²) in [4.78, 5) is 31.2. The molecular weight excluding hydrogens is 590 g/mol. The molecule has 16 atom stereocenters. The summed E-state index contributed by atoms with van der Waals surface area (Å²) in [5, 5.41) is 4.92. The van der Waals surface area contributed by atoms with Crippen LogP contribution in [0.5, 0.6) is 0 Å². The highest BCUT2D eigenvalue weighted by Gasteiger charge is 2.71. The Morgan fingerprint density at radius 2 is 1.20 bits per heavy atom. The van der Waals surface area contributed by atoms with Crippen LogP contribution in [-0.2, 0) is 43.3 Å². The topological polar surface area (TPSA) is 95.4 Å². The van der Waals surface area contributed by atoms with Crippen LogP contribution in [-0.4, -0.2) is 58.9 Å². The van der Waals surface area contributed by atoms with E-state index in [-0.39, 0.29) is 35.9 Å². The molecular formula is C36H57NO9. The first-order valence-corrected chi connectivity index (χ1v) is 18.3. The molecule has 0 radical (unpaired) electrons. The number of fused-ring (bicyclic) bond motifs is 4. The third-order valence-electron chi connectivity index (χ3n) is 13.6. The molecule has 0 aromatic heterocycles. The summed E-state index contributed by atoms with van der Waals surface area (Å²) < 4.78 is 27.5. The Balaban J connectivity index is 1.13. The van der Waals surface area contributed by atoms with Gasteiger partial charge >= 0.3 is 0 Å². The quantitative estimate of drug-likeness (QED) is 0.181. The lowest BCUT2D eigenvalue weighted by Crippen LogP contribution is -2.71. The van der Waals surface area contributed by atoms with E-state index < -0.39 is 41.0 Å². The number of ether oxygens (including phenoxy) is 4. The van der Waals surface area contributed by atoms with Crippen molar-refractivity contribution in [3.8, 4) is 0 Å². The highest BCUT2D eigenvalue weighted by atomic mass is 17.3. The summed E-state index contributed by atoms with van der Waals surface area (Å²) in [5.41, 5.74) is -0.832. The zero-order valence-electron chi connectivity index (χ0n) is 29.4. The van der Waals surface area contributed by atoms with Gasteiger partial charge in [-0.3, -0.25) is 0 Å². The van der Waals surface area contributed by atoms with Crippen LogP contribution in [0.4, 0.5) is 0 Å². The maximum atomic E-state index is 7.08. The zero-order chi connectivity index (χ0) is 32.4.